The third-order valence-corrected chi connectivity index (χ3v) is 4.46. The second kappa shape index (κ2) is 7.90. The number of hydrogen-bond acceptors (Lipinski definition) is 3. The van der Waals surface area contributed by atoms with Crippen molar-refractivity contribution in [3.05, 3.63) is 46.7 Å². The molecule has 0 saturated heterocycles. The van der Waals surface area contributed by atoms with Gasteiger partial charge in [0.1, 0.15) is 5.92 Å². The van der Waals surface area contributed by atoms with Crippen LogP contribution >= 0.6 is 11.3 Å². The fourth-order valence-corrected chi connectivity index (χ4v) is 3.12. The molecule has 1 heterocycles. The summed E-state index contributed by atoms with van der Waals surface area (Å²) >= 11 is 1.64. The van der Waals surface area contributed by atoms with Gasteiger partial charge in [-0.1, -0.05) is 50.5 Å². The minimum Gasteiger partial charge on any atom is -0.369 e. The van der Waals surface area contributed by atoms with E-state index in [2.05, 4.69) is 12.3 Å². The molecule has 22 heavy (non-hydrogen) atoms. The van der Waals surface area contributed by atoms with E-state index in [0.29, 0.717) is 12.0 Å². The van der Waals surface area contributed by atoms with Crippen LogP contribution in [0, 0.1) is 5.92 Å². The lowest BCUT2D eigenvalue weighted by atomic mass is 9.91. The van der Waals surface area contributed by atoms with E-state index in [4.69, 9.17) is 5.73 Å². The Labute approximate surface area is 135 Å². The predicted molar refractivity (Wildman–Crippen MR) is 90.9 cm³/mol. The number of thiophene rings is 1. The van der Waals surface area contributed by atoms with E-state index in [1.54, 1.807) is 23.5 Å². The molecule has 1 aromatic carbocycles. The van der Waals surface area contributed by atoms with Crippen molar-refractivity contribution in [1.29, 1.82) is 0 Å². The van der Waals surface area contributed by atoms with Gasteiger partial charge >= 0.3 is 0 Å². The first kappa shape index (κ1) is 16.4. The molecule has 3 nitrogen and oxygen atoms in total. The van der Waals surface area contributed by atoms with Gasteiger partial charge in [-0.25, -0.2) is 0 Å². The molecule has 0 aliphatic rings. The summed E-state index contributed by atoms with van der Waals surface area (Å²) in [5.74, 6) is -1.40. The zero-order valence-electron chi connectivity index (χ0n) is 12.7. The lowest BCUT2D eigenvalue weighted by Gasteiger charge is -2.12. The lowest BCUT2D eigenvalue weighted by molar-refractivity contribution is -0.120. The summed E-state index contributed by atoms with van der Waals surface area (Å²) in [6.45, 7) is 2.09. The van der Waals surface area contributed by atoms with Crippen LogP contribution in [0.25, 0.3) is 11.1 Å². The van der Waals surface area contributed by atoms with E-state index in [9.17, 15) is 9.59 Å². The molecule has 2 rings (SSSR count). The minimum absolute atomic E-state index is 0.166. The number of primary amides is 1. The number of hydrogen-bond donors (Lipinski definition) is 1. The van der Waals surface area contributed by atoms with Crippen LogP contribution in [0.1, 0.15) is 43.0 Å². The van der Waals surface area contributed by atoms with Crippen LogP contribution in [0.3, 0.4) is 0 Å². The Kier molecular flexibility index (Phi) is 5.90. The molecule has 0 spiro atoms. The Balaban J connectivity index is 2.11. The van der Waals surface area contributed by atoms with Crippen molar-refractivity contribution in [2.75, 3.05) is 0 Å². The van der Waals surface area contributed by atoms with E-state index < -0.39 is 11.8 Å². The van der Waals surface area contributed by atoms with E-state index in [0.717, 1.165) is 30.4 Å². The van der Waals surface area contributed by atoms with Crippen molar-refractivity contribution in [3.63, 3.8) is 0 Å². The molecule has 116 valence electrons. The molecule has 2 aromatic rings. The van der Waals surface area contributed by atoms with Crippen LogP contribution in [-0.4, -0.2) is 11.7 Å². The first-order valence-electron chi connectivity index (χ1n) is 7.59. The number of benzene rings is 1. The summed E-state index contributed by atoms with van der Waals surface area (Å²) in [6, 6.07) is 9.44. The number of carbonyl (C=O) groups is 2. The molecule has 0 bridgehead atoms. The maximum absolute atomic E-state index is 12.5. The molecule has 2 N–H and O–H groups in total. The lowest BCUT2D eigenvalue weighted by Crippen LogP contribution is -2.30. The van der Waals surface area contributed by atoms with Crippen molar-refractivity contribution >= 4 is 23.0 Å². The topological polar surface area (TPSA) is 60.2 Å². The van der Waals surface area contributed by atoms with Gasteiger partial charge in [0.2, 0.25) is 5.91 Å². The number of nitrogens with two attached hydrogens (primary N) is 1. The highest BCUT2D eigenvalue weighted by molar-refractivity contribution is 7.08. The number of carbonyl (C=O) groups excluding carboxylic acids is 2. The Bertz CT molecular complexity index is 617. The van der Waals surface area contributed by atoms with Gasteiger partial charge in [-0.05, 0) is 34.4 Å². The van der Waals surface area contributed by atoms with E-state index >= 15 is 0 Å². The molecule has 1 atom stereocenters. The summed E-state index contributed by atoms with van der Waals surface area (Å²) in [4.78, 5) is 24.0. The third kappa shape index (κ3) is 4.04. The van der Waals surface area contributed by atoms with Gasteiger partial charge in [0.15, 0.2) is 5.78 Å². The standard InChI is InChI=1S/C18H21NO2S/c1-2-3-4-5-16(18(19)21)17(20)14-8-6-13(7-9-14)15-10-11-22-12-15/h6-12,16H,2-5H2,1H3,(H2,19,21). The highest BCUT2D eigenvalue weighted by Crippen LogP contribution is 2.24. The van der Waals surface area contributed by atoms with E-state index in [1.165, 1.54) is 0 Å². The molecule has 0 saturated carbocycles. The summed E-state index contributed by atoms with van der Waals surface area (Å²) in [5, 5.41) is 4.08. The van der Waals surface area contributed by atoms with Gasteiger partial charge in [-0.15, -0.1) is 0 Å². The molecule has 0 aliphatic carbocycles. The largest absolute Gasteiger partial charge is 0.369 e. The van der Waals surface area contributed by atoms with Crippen LogP contribution < -0.4 is 5.73 Å². The molecule has 0 aliphatic heterocycles. The SMILES string of the molecule is CCCCCC(C(N)=O)C(=O)c1ccc(-c2ccsc2)cc1. The summed E-state index contributed by atoms with van der Waals surface area (Å²) in [5.41, 5.74) is 8.17. The molecule has 1 unspecified atom stereocenters. The first-order valence-corrected chi connectivity index (χ1v) is 8.54. The highest BCUT2D eigenvalue weighted by atomic mass is 32.1. The van der Waals surface area contributed by atoms with E-state index in [-0.39, 0.29) is 5.78 Å². The number of rotatable bonds is 8. The van der Waals surface area contributed by atoms with E-state index in [1.807, 2.05) is 23.6 Å². The number of unbranched alkanes of at least 4 members (excludes halogenated alkanes) is 2. The van der Waals surface area contributed by atoms with Gasteiger partial charge < -0.3 is 5.73 Å². The normalized spacial score (nSPS) is 12.0. The molecule has 0 radical (unpaired) electrons. The minimum atomic E-state index is -0.710. The predicted octanol–water partition coefficient (Wildman–Crippen LogP) is 4.28. The molecule has 1 amide bonds. The fourth-order valence-electron chi connectivity index (χ4n) is 2.46. The van der Waals surface area contributed by atoms with Gasteiger partial charge in [0, 0.05) is 5.56 Å². The van der Waals surface area contributed by atoms with Crippen LogP contribution in [0.5, 0.6) is 0 Å². The van der Waals surface area contributed by atoms with Gasteiger partial charge in [-0.2, -0.15) is 11.3 Å². The zero-order chi connectivity index (χ0) is 15.9. The smallest absolute Gasteiger partial charge is 0.228 e. The Morgan fingerprint density at radius 2 is 1.82 bits per heavy atom. The van der Waals surface area contributed by atoms with Crippen LogP contribution in [-0.2, 0) is 4.79 Å². The second-order valence-electron chi connectivity index (χ2n) is 5.40. The maximum Gasteiger partial charge on any atom is 0.228 e. The number of ketones is 1. The number of Topliss-reactive ketones (excluding diaryl/α,β-unsaturated/α-hetero) is 1. The molecule has 0 fully saturated rings. The van der Waals surface area contributed by atoms with Gasteiger partial charge in [-0.3, -0.25) is 9.59 Å². The summed E-state index contributed by atoms with van der Waals surface area (Å²) in [7, 11) is 0. The average Bonchev–Trinajstić information content (AvgIpc) is 3.05. The third-order valence-electron chi connectivity index (χ3n) is 3.78. The van der Waals surface area contributed by atoms with Gasteiger partial charge in [0.05, 0.1) is 0 Å². The quantitative estimate of drug-likeness (QED) is 0.449. The van der Waals surface area contributed by atoms with Crippen molar-refractivity contribution in [1.82, 2.24) is 0 Å². The Morgan fingerprint density at radius 1 is 1.09 bits per heavy atom. The highest BCUT2D eigenvalue weighted by Gasteiger charge is 2.24. The Morgan fingerprint density at radius 3 is 2.36 bits per heavy atom. The maximum atomic E-state index is 12.5. The average molecular weight is 315 g/mol. The van der Waals surface area contributed by atoms with Crippen LogP contribution in [0.15, 0.2) is 41.1 Å². The fraction of sp³-hybridized carbons (Fsp3) is 0.333. The van der Waals surface area contributed by atoms with Crippen molar-refractivity contribution in [2.24, 2.45) is 11.7 Å². The zero-order valence-corrected chi connectivity index (χ0v) is 13.6. The van der Waals surface area contributed by atoms with Crippen molar-refractivity contribution in [2.45, 2.75) is 32.6 Å². The summed E-state index contributed by atoms with van der Waals surface area (Å²) < 4.78 is 0. The molecule has 1 aromatic heterocycles. The van der Waals surface area contributed by atoms with Crippen molar-refractivity contribution < 1.29 is 9.59 Å². The van der Waals surface area contributed by atoms with Crippen molar-refractivity contribution in [3.8, 4) is 11.1 Å². The first-order chi connectivity index (χ1) is 10.6. The van der Waals surface area contributed by atoms with Gasteiger partial charge in [0.25, 0.3) is 0 Å². The second-order valence-corrected chi connectivity index (χ2v) is 6.18. The molecule has 4 heteroatoms. The Hall–Kier alpha value is -1.94. The van der Waals surface area contributed by atoms with Crippen LogP contribution in [0.4, 0.5) is 0 Å². The number of amides is 1. The molecular weight excluding hydrogens is 294 g/mol. The van der Waals surface area contributed by atoms with Crippen LogP contribution in [0.2, 0.25) is 0 Å². The monoisotopic (exact) mass is 315 g/mol. The molecular formula is C18H21NO2S. The summed E-state index contributed by atoms with van der Waals surface area (Å²) in [6.07, 6.45) is 3.44.